The lowest BCUT2D eigenvalue weighted by molar-refractivity contribution is 0.134. The average Bonchev–Trinajstić information content (AvgIpc) is 2.10. The Balaban J connectivity index is 2.93. The summed E-state index contributed by atoms with van der Waals surface area (Å²) in [6, 6.07) is 5.05. The number of halogens is 2. The molecule has 0 amide bonds. The predicted molar refractivity (Wildman–Crippen MR) is 53.1 cm³/mol. The minimum Gasteiger partial charge on any atom is -0.396 e. The second-order valence-corrected chi connectivity index (χ2v) is 3.46. The van der Waals surface area contributed by atoms with E-state index in [9.17, 15) is 5.11 Å². The molecule has 2 N–H and O–H groups in total. The molecule has 2 nitrogen and oxygen atoms in total. The molecule has 0 aliphatic heterocycles. The van der Waals surface area contributed by atoms with Gasteiger partial charge in [-0.05, 0) is 6.07 Å². The highest BCUT2D eigenvalue weighted by Crippen LogP contribution is 2.30. The first-order chi connectivity index (χ1) is 6.16. The molecular weight excluding hydrogens is 211 g/mol. The Labute approximate surface area is 86.7 Å². The maximum atomic E-state index is 9.52. The van der Waals surface area contributed by atoms with Crippen LogP contribution >= 0.6 is 23.2 Å². The van der Waals surface area contributed by atoms with Crippen molar-refractivity contribution in [3.63, 3.8) is 0 Å². The van der Waals surface area contributed by atoms with Crippen LogP contribution in [0.4, 0.5) is 0 Å². The maximum Gasteiger partial charge on any atom is 0.0826 e. The van der Waals surface area contributed by atoms with Gasteiger partial charge >= 0.3 is 0 Å². The van der Waals surface area contributed by atoms with E-state index in [-0.39, 0.29) is 13.0 Å². The summed E-state index contributed by atoms with van der Waals surface area (Å²) in [5.41, 5.74) is 0.559. The van der Waals surface area contributed by atoms with E-state index in [4.69, 9.17) is 28.3 Å². The third-order valence-electron chi connectivity index (χ3n) is 1.74. The van der Waals surface area contributed by atoms with E-state index >= 15 is 0 Å². The van der Waals surface area contributed by atoms with E-state index in [1.807, 2.05) is 0 Å². The van der Waals surface area contributed by atoms with E-state index in [0.717, 1.165) is 0 Å². The molecule has 0 unspecified atom stereocenters. The van der Waals surface area contributed by atoms with Crippen molar-refractivity contribution in [3.05, 3.63) is 33.8 Å². The van der Waals surface area contributed by atoms with Crippen molar-refractivity contribution in [2.75, 3.05) is 6.61 Å². The van der Waals surface area contributed by atoms with Gasteiger partial charge in [0.1, 0.15) is 0 Å². The number of aliphatic hydroxyl groups excluding tert-OH is 2. The minimum atomic E-state index is -0.754. The van der Waals surface area contributed by atoms with E-state index < -0.39 is 6.10 Å². The molecule has 0 radical (unpaired) electrons. The van der Waals surface area contributed by atoms with Crippen LogP contribution in [0.3, 0.4) is 0 Å². The number of hydrogen-bond acceptors (Lipinski definition) is 2. The number of rotatable bonds is 3. The molecule has 0 aliphatic rings. The summed E-state index contributed by atoms with van der Waals surface area (Å²) in [6.45, 7) is -0.0794. The normalized spacial score (nSPS) is 12.9. The van der Waals surface area contributed by atoms with Crippen LogP contribution in [0.25, 0.3) is 0 Å². The molecule has 13 heavy (non-hydrogen) atoms. The van der Waals surface area contributed by atoms with Crippen molar-refractivity contribution in [2.24, 2.45) is 0 Å². The molecule has 0 aliphatic carbocycles. The van der Waals surface area contributed by atoms with Gasteiger partial charge in [0.15, 0.2) is 0 Å². The fourth-order valence-corrected chi connectivity index (χ4v) is 1.49. The van der Waals surface area contributed by atoms with E-state index in [0.29, 0.717) is 15.6 Å². The summed E-state index contributed by atoms with van der Waals surface area (Å²) in [5.74, 6) is 0. The molecule has 0 bridgehead atoms. The zero-order valence-electron chi connectivity index (χ0n) is 6.87. The second kappa shape index (κ2) is 4.82. The smallest absolute Gasteiger partial charge is 0.0826 e. The standard InChI is InChI=1S/C9H10Cl2O2/c10-7-3-1-2-6(9(7)11)8(13)4-5-12/h1-3,8,12-13H,4-5H2/t8-/m0/s1. The predicted octanol–water partition coefficient (Wildman–Crippen LogP) is 2.41. The van der Waals surface area contributed by atoms with E-state index in [1.54, 1.807) is 18.2 Å². The number of benzene rings is 1. The van der Waals surface area contributed by atoms with Gasteiger partial charge in [0, 0.05) is 18.6 Å². The van der Waals surface area contributed by atoms with Gasteiger partial charge in [-0.25, -0.2) is 0 Å². The zero-order chi connectivity index (χ0) is 9.84. The van der Waals surface area contributed by atoms with Crippen molar-refractivity contribution < 1.29 is 10.2 Å². The van der Waals surface area contributed by atoms with Crippen molar-refractivity contribution >= 4 is 23.2 Å². The van der Waals surface area contributed by atoms with Crippen molar-refractivity contribution in [1.82, 2.24) is 0 Å². The molecule has 0 aromatic heterocycles. The van der Waals surface area contributed by atoms with Crippen LogP contribution in [-0.4, -0.2) is 16.8 Å². The first-order valence-corrected chi connectivity index (χ1v) is 4.65. The lowest BCUT2D eigenvalue weighted by atomic mass is 10.1. The Kier molecular flexibility index (Phi) is 4.00. The Bertz CT molecular complexity index is 289. The fraction of sp³-hybridized carbons (Fsp3) is 0.333. The average molecular weight is 221 g/mol. The van der Waals surface area contributed by atoms with Crippen molar-refractivity contribution in [1.29, 1.82) is 0 Å². The summed E-state index contributed by atoms with van der Waals surface area (Å²) in [5, 5.41) is 18.9. The molecule has 0 saturated carbocycles. The third-order valence-corrected chi connectivity index (χ3v) is 2.58. The largest absolute Gasteiger partial charge is 0.396 e. The molecule has 1 aromatic carbocycles. The van der Waals surface area contributed by atoms with Crippen LogP contribution < -0.4 is 0 Å². The number of hydrogen-bond donors (Lipinski definition) is 2. The van der Waals surface area contributed by atoms with E-state index in [1.165, 1.54) is 0 Å². The van der Waals surface area contributed by atoms with Gasteiger partial charge in [-0.3, -0.25) is 0 Å². The first kappa shape index (κ1) is 10.8. The second-order valence-electron chi connectivity index (χ2n) is 2.67. The van der Waals surface area contributed by atoms with Gasteiger partial charge in [0.2, 0.25) is 0 Å². The molecule has 72 valence electrons. The molecule has 0 fully saturated rings. The molecule has 0 saturated heterocycles. The maximum absolute atomic E-state index is 9.52. The summed E-state index contributed by atoms with van der Waals surface area (Å²) >= 11 is 11.6. The highest BCUT2D eigenvalue weighted by molar-refractivity contribution is 6.42. The summed E-state index contributed by atoms with van der Waals surface area (Å²) in [7, 11) is 0. The van der Waals surface area contributed by atoms with Crippen LogP contribution in [0, 0.1) is 0 Å². The highest BCUT2D eigenvalue weighted by atomic mass is 35.5. The van der Waals surface area contributed by atoms with Crippen LogP contribution in [0.15, 0.2) is 18.2 Å². The zero-order valence-corrected chi connectivity index (χ0v) is 8.39. The SMILES string of the molecule is OCC[C@H](O)c1cccc(Cl)c1Cl. The van der Waals surface area contributed by atoms with Crippen molar-refractivity contribution in [2.45, 2.75) is 12.5 Å². The first-order valence-electron chi connectivity index (χ1n) is 3.89. The highest BCUT2D eigenvalue weighted by Gasteiger charge is 2.12. The van der Waals surface area contributed by atoms with Gasteiger partial charge in [0.05, 0.1) is 16.1 Å². The van der Waals surface area contributed by atoms with E-state index in [2.05, 4.69) is 0 Å². The summed E-state index contributed by atoms with van der Waals surface area (Å²) in [4.78, 5) is 0. The van der Waals surface area contributed by atoms with Gasteiger partial charge in [-0.15, -0.1) is 0 Å². The van der Waals surface area contributed by atoms with Gasteiger partial charge < -0.3 is 10.2 Å². The Morgan fingerprint density at radius 3 is 2.62 bits per heavy atom. The summed E-state index contributed by atoms with van der Waals surface area (Å²) < 4.78 is 0. The minimum absolute atomic E-state index is 0.0794. The molecule has 1 aromatic rings. The molecule has 4 heteroatoms. The van der Waals surface area contributed by atoms with Gasteiger partial charge in [0.25, 0.3) is 0 Å². The Hall–Kier alpha value is -0.280. The van der Waals surface area contributed by atoms with Crippen LogP contribution in [0.5, 0.6) is 0 Å². The third kappa shape index (κ3) is 2.58. The van der Waals surface area contributed by atoms with Crippen LogP contribution in [0.1, 0.15) is 18.1 Å². The fourth-order valence-electron chi connectivity index (χ4n) is 1.06. The van der Waals surface area contributed by atoms with Crippen LogP contribution in [-0.2, 0) is 0 Å². The molecule has 0 spiro atoms. The Morgan fingerprint density at radius 2 is 2.00 bits per heavy atom. The lowest BCUT2D eigenvalue weighted by Crippen LogP contribution is -2.00. The molecule has 0 heterocycles. The quantitative estimate of drug-likeness (QED) is 0.822. The van der Waals surface area contributed by atoms with Crippen LogP contribution in [0.2, 0.25) is 10.0 Å². The Morgan fingerprint density at radius 1 is 1.31 bits per heavy atom. The number of aliphatic hydroxyl groups is 2. The molecule has 1 atom stereocenters. The monoisotopic (exact) mass is 220 g/mol. The van der Waals surface area contributed by atoms with Gasteiger partial charge in [-0.1, -0.05) is 35.3 Å². The topological polar surface area (TPSA) is 40.5 Å². The van der Waals surface area contributed by atoms with Gasteiger partial charge in [-0.2, -0.15) is 0 Å². The molecular formula is C9H10Cl2O2. The molecule has 1 rings (SSSR count). The summed E-state index contributed by atoms with van der Waals surface area (Å²) in [6.07, 6.45) is -0.490. The van der Waals surface area contributed by atoms with Crippen molar-refractivity contribution in [3.8, 4) is 0 Å². The lowest BCUT2D eigenvalue weighted by Gasteiger charge is -2.11.